The molecule has 1 aliphatic rings. The van der Waals surface area contributed by atoms with Crippen LogP contribution in [0.3, 0.4) is 0 Å². The molecule has 0 saturated heterocycles. The lowest BCUT2D eigenvalue weighted by molar-refractivity contribution is -0.134. The van der Waals surface area contributed by atoms with Crippen LogP contribution in [0.15, 0.2) is 17.0 Å². The second kappa shape index (κ2) is 7.88. The number of halogens is 1. The van der Waals surface area contributed by atoms with Crippen molar-refractivity contribution in [2.24, 2.45) is 11.8 Å². The fourth-order valence-corrected chi connectivity index (χ4v) is 4.43. The van der Waals surface area contributed by atoms with E-state index in [0.29, 0.717) is 0 Å². The zero-order valence-electron chi connectivity index (χ0n) is 14.9. The van der Waals surface area contributed by atoms with E-state index < -0.39 is 33.1 Å². The first-order chi connectivity index (χ1) is 12.1. The van der Waals surface area contributed by atoms with E-state index in [1.807, 2.05) is 0 Å². The Labute approximate surface area is 157 Å². The van der Waals surface area contributed by atoms with E-state index in [-0.39, 0.29) is 52.4 Å². The molecule has 142 valence electrons. The molecule has 26 heavy (non-hydrogen) atoms. The van der Waals surface area contributed by atoms with Gasteiger partial charge in [0.1, 0.15) is 10.8 Å². The van der Waals surface area contributed by atoms with Gasteiger partial charge in [-0.05, 0) is 25.0 Å². The van der Waals surface area contributed by atoms with Crippen molar-refractivity contribution >= 4 is 38.8 Å². The summed E-state index contributed by atoms with van der Waals surface area (Å²) in [6, 6.07) is 2.48. The third kappa shape index (κ3) is 3.83. The molecule has 1 saturated carbocycles. The minimum Gasteiger partial charge on any atom is -0.491 e. The van der Waals surface area contributed by atoms with Gasteiger partial charge in [-0.15, -0.1) is 0 Å². The first kappa shape index (κ1) is 20.6. The first-order valence-corrected chi connectivity index (χ1v) is 10.4. The number of ether oxygens (including phenoxy) is 1. The highest BCUT2D eigenvalue weighted by molar-refractivity contribution is 7.91. The Kier molecular flexibility index (Phi) is 6.24. The average Bonchev–Trinajstić information content (AvgIpc) is 2.55. The van der Waals surface area contributed by atoms with E-state index in [1.54, 1.807) is 13.8 Å². The van der Waals surface area contributed by atoms with Crippen molar-refractivity contribution in [2.45, 2.75) is 38.5 Å². The van der Waals surface area contributed by atoms with Crippen LogP contribution in [0.1, 0.15) is 44.0 Å². The van der Waals surface area contributed by atoms with Crippen molar-refractivity contribution in [3.63, 3.8) is 0 Å². The highest BCUT2D eigenvalue weighted by Crippen LogP contribution is 2.38. The Morgan fingerprint density at radius 2 is 1.77 bits per heavy atom. The maximum absolute atomic E-state index is 12.8. The number of Topliss-reactive ketones (excluding diaryl/α,β-unsaturated/α-hetero) is 3. The normalized spacial score (nSPS) is 20.9. The van der Waals surface area contributed by atoms with Crippen LogP contribution in [0.5, 0.6) is 5.75 Å². The highest BCUT2D eigenvalue weighted by Gasteiger charge is 2.40. The molecule has 1 aromatic carbocycles. The van der Waals surface area contributed by atoms with Gasteiger partial charge < -0.3 is 4.74 Å². The number of sulfone groups is 1. The Balaban J connectivity index is 2.54. The number of carbonyl (C=O) groups excluding carboxylic acids is 3. The third-order valence-electron chi connectivity index (χ3n) is 4.34. The fourth-order valence-electron chi connectivity index (χ4n) is 3.03. The van der Waals surface area contributed by atoms with Gasteiger partial charge in [-0.25, -0.2) is 8.42 Å². The molecule has 0 N–H and O–H groups in total. The number of hydrogen-bond donors (Lipinski definition) is 0. The fraction of sp³-hybridized carbons (Fsp3) is 0.500. The minimum atomic E-state index is -3.62. The molecule has 0 radical (unpaired) electrons. The van der Waals surface area contributed by atoms with E-state index in [2.05, 4.69) is 0 Å². The second-order valence-electron chi connectivity index (χ2n) is 6.33. The van der Waals surface area contributed by atoms with Crippen LogP contribution < -0.4 is 4.74 Å². The van der Waals surface area contributed by atoms with E-state index >= 15 is 0 Å². The smallest absolute Gasteiger partial charge is 0.182 e. The first-order valence-electron chi connectivity index (χ1n) is 8.41. The third-order valence-corrected chi connectivity index (χ3v) is 6.46. The summed E-state index contributed by atoms with van der Waals surface area (Å²) in [5.41, 5.74) is -0.0774. The van der Waals surface area contributed by atoms with Gasteiger partial charge in [0.25, 0.3) is 0 Å². The van der Waals surface area contributed by atoms with Gasteiger partial charge in [-0.3, -0.25) is 14.4 Å². The number of hydrogen-bond acceptors (Lipinski definition) is 6. The van der Waals surface area contributed by atoms with E-state index in [0.717, 1.165) is 0 Å². The molecule has 0 amide bonds. The van der Waals surface area contributed by atoms with Crippen molar-refractivity contribution < 1.29 is 27.5 Å². The largest absolute Gasteiger partial charge is 0.491 e. The zero-order valence-corrected chi connectivity index (χ0v) is 16.4. The lowest BCUT2D eigenvalue weighted by atomic mass is 9.77. The molecule has 0 spiro atoms. The number of carbonyl (C=O) groups is 3. The highest BCUT2D eigenvalue weighted by atomic mass is 35.5. The average molecular weight is 401 g/mol. The van der Waals surface area contributed by atoms with Crippen LogP contribution in [0.2, 0.25) is 5.02 Å². The number of ketones is 3. The molecule has 1 fully saturated rings. The Hall–Kier alpha value is -1.73. The van der Waals surface area contributed by atoms with Crippen molar-refractivity contribution in [1.82, 2.24) is 0 Å². The number of benzene rings is 1. The molecule has 0 aliphatic heterocycles. The quantitative estimate of drug-likeness (QED) is 0.538. The number of rotatable bonds is 6. The Bertz CT molecular complexity index is 841. The molecular formula is C18H21ClO6S. The van der Waals surface area contributed by atoms with Crippen LogP contribution >= 0.6 is 11.6 Å². The van der Waals surface area contributed by atoms with Gasteiger partial charge in [0.2, 0.25) is 0 Å². The molecule has 0 bridgehead atoms. The van der Waals surface area contributed by atoms with Crippen LogP contribution in [0, 0.1) is 11.8 Å². The lowest BCUT2D eigenvalue weighted by Gasteiger charge is -2.23. The van der Waals surface area contributed by atoms with Crippen molar-refractivity contribution in [3.8, 4) is 5.75 Å². The molecule has 6 nitrogen and oxygen atoms in total. The van der Waals surface area contributed by atoms with Crippen molar-refractivity contribution in [1.29, 1.82) is 0 Å². The van der Waals surface area contributed by atoms with Gasteiger partial charge in [-0.1, -0.05) is 25.4 Å². The molecular weight excluding hydrogens is 380 g/mol. The van der Waals surface area contributed by atoms with Gasteiger partial charge in [0.05, 0.1) is 17.4 Å². The minimum absolute atomic E-state index is 0.0774. The zero-order chi connectivity index (χ0) is 19.6. The SMILES string of the molecule is CCOc1c(S(=O)(=O)CC)ccc(C(=O)C2C(=O)CC(C)CC2=O)c1Cl. The van der Waals surface area contributed by atoms with E-state index in [9.17, 15) is 22.8 Å². The molecule has 1 aromatic rings. The predicted octanol–water partition coefficient (Wildman–Crippen LogP) is 2.90. The van der Waals surface area contributed by atoms with Gasteiger partial charge in [-0.2, -0.15) is 0 Å². The molecule has 0 atom stereocenters. The summed E-state index contributed by atoms with van der Waals surface area (Å²) in [5.74, 6) is -3.33. The summed E-state index contributed by atoms with van der Waals surface area (Å²) in [7, 11) is -3.62. The molecule has 1 aliphatic carbocycles. The van der Waals surface area contributed by atoms with Crippen molar-refractivity contribution in [3.05, 3.63) is 22.7 Å². The van der Waals surface area contributed by atoms with Gasteiger partial charge in [0, 0.05) is 18.4 Å². The summed E-state index contributed by atoms with van der Waals surface area (Å²) in [6.07, 6.45) is 0.306. The predicted molar refractivity (Wildman–Crippen MR) is 96.6 cm³/mol. The van der Waals surface area contributed by atoms with E-state index in [4.69, 9.17) is 16.3 Å². The van der Waals surface area contributed by atoms with Crippen LogP contribution in [-0.2, 0) is 19.4 Å². The molecule has 8 heteroatoms. The van der Waals surface area contributed by atoms with Gasteiger partial charge in [0.15, 0.2) is 32.9 Å². The standard InChI is InChI=1S/C18H21ClO6S/c1-4-25-18-14(26(23,24)5-2)7-6-11(16(18)19)17(22)15-12(20)8-10(3)9-13(15)21/h6-7,10,15H,4-5,8-9H2,1-3H3. The maximum atomic E-state index is 12.8. The van der Waals surface area contributed by atoms with Crippen LogP contribution in [-0.4, -0.2) is 38.1 Å². The van der Waals surface area contributed by atoms with Crippen LogP contribution in [0.25, 0.3) is 0 Å². The van der Waals surface area contributed by atoms with E-state index in [1.165, 1.54) is 19.1 Å². The van der Waals surface area contributed by atoms with Crippen molar-refractivity contribution in [2.75, 3.05) is 12.4 Å². The summed E-state index contributed by atoms with van der Waals surface area (Å²) in [4.78, 5) is 37.1. The monoisotopic (exact) mass is 400 g/mol. The Morgan fingerprint density at radius 3 is 2.27 bits per heavy atom. The molecule has 2 rings (SSSR count). The Morgan fingerprint density at radius 1 is 1.19 bits per heavy atom. The topological polar surface area (TPSA) is 94.6 Å². The second-order valence-corrected chi connectivity index (χ2v) is 8.96. The molecule has 0 unspecified atom stereocenters. The lowest BCUT2D eigenvalue weighted by Crippen LogP contribution is -2.38. The molecule has 0 aromatic heterocycles. The van der Waals surface area contributed by atoms with Crippen LogP contribution in [0.4, 0.5) is 0 Å². The summed E-state index contributed by atoms with van der Waals surface area (Å²) >= 11 is 6.26. The molecule has 0 heterocycles. The maximum Gasteiger partial charge on any atom is 0.182 e. The summed E-state index contributed by atoms with van der Waals surface area (Å²) in [6.45, 7) is 5.06. The van der Waals surface area contributed by atoms with Gasteiger partial charge >= 0.3 is 0 Å². The summed E-state index contributed by atoms with van der Waals surface area (Å²) < 4.78 is 29.9. The summed E-state index contributed by atoms with van der Waals surface area (Å²) in [5, 5.41) is -0.189.